The van der Waals surface area contributed by atoms with E-state index >= 15 is 0 Å². The van der Waals surface area contributed by atoms with Crippen LogP contribution in [-0.2, 0) is 4.74 Å². The van der Waals surface area contributed by atoms with Gasteiger partial charge in [0.1, 0.15) is 4.60 Å². The molecule has 1 fully saturated rings. The predicted molar refractivity (Wildman–Crippen MR) is 63.9 cm³/mol. The van der Waals surface area contributed by atoms with Gasteiger partial charge in [0.25, 0.3) is 0 Å². The van der Waals surface area contributed by atoms with Crippen molar-refractivity contribution >= 4 is 21.6 Å². The number of rotatable bonds is 3. The van der Waals surface area contributed by atoms with Gasteiger partial charge in [0.2, 0.25) is 0 Å². The molecular weight excluding hydrogens is 256 g/mol. The second-order valence-corrected chi connectivity index (χ2v) is 4.74. The molecule has 2 unspecified atom stereocenters. The molecule has 1 saturated heterocycles. The van der Waals surface area contributed by atoms with Gasteiger partial charge in [-0.2, -0.15) is 0 Å². The quantitative estimate of drug-likeness (QED) is 0.858. The van der Waals surface area contributed by atoms with Crippen LogP contribution in [0.25, 0.3) is 0 Å². The lowest BCUT2D eigenvalue weighted by atomic mass is 10.0. The van der Waals surface area contributed by atoms with E-state index in [1.165, 1.54) is 0 Å². The van der Waals surface area contributed by atoms with E-state index < -0.39 is 0 Å². The summed E-state index contributed by atoms with van der Waals surface area (Å²) in [5.41, 5.74) is 1.07. The molecule has 0 spiro atoms. The molecule has 0 amide bonds. The number of nitrogens with one attached hydrogen (secondary N) is 1. The largest absolute Gasteiger partial charge is 0.381 e. The van der Waals surface area contributed by atoms with Crippen molar-refractivity contribution in [2.45, 2.75) is 19.4 Å². The van der Waals surface area contributed by atoms with Gasteiger partial charge in [0.05, 0.1) is 18.5 Å². The smallest absolute Gasteiger partial charge is 0.106 e. The summed E-state index contributed by atoms with van der Waals surface area (Å²) >= 11 is 3.32. The molecular formula is C11H15BrN2O. The third kappa shape index (κ3) is 2.92. The van der Waals surface area contributed by atoms with Crippen LogP contribution in [0.5, 0.6) is 0 Å². The molecule has 82 valence electrons. The number of anilines is 1. The molecule has 0 radical (unpaired) electrons. The molecule has 1 aromatic heterocycles. The highest BCUT2D eigenvalue weighted by Gasteiger charge is 2.21. The summed E-state index contributed by atoms with van der Waals surface area (Å²) in [5.74, 6) is 0.619. The summed E-state index contributed by atoms with van der Waals surface area (Å²) < 4.78 is 6.24. The van der Waals surface area contributed by atoms with Crippen molar-refractivity contribution in [3.8, 4) is 0 Å². The van der Waals surface area contributed by atoms with E-state index in [1.807, 2.05) is 18.3 Å². The number of halogens is 1. The minimum absolute atomic E-state index is 0.440. The first kappa shape index (κ1) is 10.9. The molecule has 0 aromatic carbocycles. The van der Waals surface area contributed by atoms with Crippen molar-refractivity contribution in [1.82, 2.24) is 4.98 Å². The van der Waals surface area contributed by atoms with E-state index in [1.54, 1.807) is 0 Å². The molecule has 0 saturated carbocycles. The van der Waals surface area contributed by atoms with Crippen LogP contribution in [0.3, 0.4) is 0 Å². The van der Waals surface area contributed by atoms with Crippen LogP contribution >= 0.6 is 15.9 Å². The van der Waals surface area contributed by atoms with Crippen molar-refractivity contribution in [2.24, 2.45) is 5.92 Å². The van der Waals surface area contributed by atoms with E-state index in [4.69, 9.17) is 4.74 Å². The second-order valence-electron chi connectivity index (χ2n) is 3.93. The van der Waals surface area contributed by atoms with Gasteiger partial charge in [-0.25, -0.2) is 4.98 Å². The van der Waals surface area contributed by atoms with Crippen LogP contribution in [0.1, 0.15) is 13.3 Å². The first-order valence-corrected chi connectivity index (χ1v) is 6.01. The maximum Gasteiger partial charge on any atom is 0.106 e. The maximum atomic E-state index is 5.37. The first-order chi connectivity index (χ1) is 7.25. The molecule has 2 heterocycles. The summed E-state index contributed by atoms with van der Waals surface area (Å²) in [4.78, 5) is 4.18. The van der Waals surface area contributed by atoms with E-state index in [0.717, 1.165) is 29.9 Å². The molecule has 0 bridgehead atoms. The van der Waals surface area contributed by atoms with Gasteiger partial charge < -0.3 is 10.1 Å². The second kappa shape index (κ2) is 4.94. The van der Waals surface area contributed by atoms with Crippen molar-refractivity contribution in [1.29, 1.82) is 0 Å². The van der Waals surface area contributed by atoms with Crippen molar-refractivity contribution in [3.63, 3.8) is 0 Å². The zero-order chi connectivity index (χ0) is 10.7. The Morgan fingerprint density at radius 3 is 3.07 bits per heavy atom. The summed E-state index contributed by atoms with van der Waals surface area (Å²) in [7, 11) is 0. The van der Waals surface area contributed by atoms with E-state index in [9.17, 15) is 0 Å². The third-order valence-corrected chi connectivity index (χ3v) is 3.26. The lowest BCUT2D eigenvalue weighted by Crippen LogP contribution is -2.26. The monoisotopic (exact) mass is 270 g/mol. The van der Waals surface area contributed by atoms with E-state index in [0.29, 0.717) is 12.0 Å². The van der Waals surface area contributed by atoms with Gasteiger partial charge in [0, 0.05) is 18.6 Å². The Morgan fingerprint density at radius 2 is 2.47 bits per heavy atom. The van der Waals surface area contributed by atoms with E-state index in [2.05, 4.69) is 33.2 Å². The van der Waals surface area contributed by atoms with Crippen LogP contribution < -0.4 is 5.32 Å². The molecule has 1 aliphatic heterocycles. The van der Waals surface area contributed by atoms with Gasteiger partial charge in [-0.3, -0.25) is 0 Å². The Hall–Kier alpha value is -0.610. The molecule has 0 aliphatic carbocycles. The Labute approximate surface area is 98.4 Å². The van der Waals surface area contributed by atoms with Crippen molar-refractivity contribution in [3.05, 3.63) is 22.9 Å². The number of aromatic nitrogens is 1. The van der Waals surface area contributed by atoms with Crippen LogP contribution in [0.4, 0.5) is 5.69 Å². The Morgan fingerprint density at radius 1 is 1.60 bits per heavy atom. The van der Waals surface area contributed by atoms with Crippen LogP contribution in [-0.4, -0.2) is 24.2 Å². The number of ether oxygens (including phenoxy) is 1. The molecule has 15 heavy (non-hydrogen) atoms. The molecule has 3 nitrogen and oxygen atoms in total. The maximum absolute atomic E-state index is 5.37. The number of nitrogens with zero attached hydrogens (tertiary/aromatic N) is 1. The van der Waals surface area contributed by atoms with Crippen molar-refractivity contribution < 1.29 is 4.74 Å². The molecule has 4 heteroatoms. The van der Waals surface area contributed by atoms with Crippen molar-refractivity contribution in [2.75, 3.05) is 18.5 Å². The fraction of sp³-hybridized carbons (Fsp3) is 0.545. The highest BCUT2D eigenvalue weighted by atomic mass is 79.9. The number of hydrogen-bond donors (Lipinski definition) is 1. The molecule has 1 N–H and O–H groups in total. The average molecular weight is 271 g/mol. The minimum Gasteiger partial charge on any atom is -0.381 e. The highest BCUT2D eigenvalue weighted by molar-refractivity contribution is 9.10. The first-order valence-electron chi connectivity index (χ1n) is 5.21. The summed E-state index contributed by atoms with van der Waals surface area (Å²) in [6, 6.07) is 4.42. The fourth-order valence-electron chi connectivity index (χ4n) is 1.79. The van der Waals surface area contributed by atoms with Gasteiger partial charge >= 0.3 is 0 Å². The third-order valence-electron chi connectivity index (χ3n) is 2.79. The standard InChI is InChI=1S/C11H15BrN2O/c1-8(9-4-5-15-7-9)14-10-2-3-11(12)13-6-10/h2-3,6,8-9,14H,4-5,7H2,1H3. The number of hydrogen-bond acceptors (Lipinski definition) is 3. The average Bonchev–Trinajstić information content (AvgIpc) is 2.74. The Bertz CT molecular complexity index is 309. The van der Waals surface area contributed by atoms with Crippen LogP contribution in [0.2, 0.25) is 0 Å². The Kier molecular flexibility index (Phi) is 3.59. The summed E-state index contributed by atoms with van der Waals surface area (Å²) in [5, 5.41) is 3.45. The molecule has 1 aliphatic rings. The lowest BCUT2D eigenvalue weighted by Gasteiger charge is -2.20. The zero-order valence-electron chi connectivity index (χ0n) is 8.74. The van der Waals surface area contributed by atoms with Crippen LogP contribution in [0, 0.1) is 5.92 Å². The zero-order valence-corrected chi connectivity index (χ0v) is 10.3. The molecule has 2 rings (SSSR count). The van der Waals surface area contributed by atoms with Gasteiger partial charge in [-0.15, -0.1) is 0 Å². The van der Waals surface area contributed by atoms with Gasteiger partial charge in [-0.05, 0) is 41.4 Å². The minimum atomic E-state index is 0.440. The molecule has 2 atom stereocenters. The normalized spacial score (nSPS) is 22.7. The molecule has 1 aromatic rings. The predicted octanol–water partition coefficient (Wildman–Crippen LogP) is 2.68. The van der Waals surface area contributed by atoms with Gasteiger partial charge in [0.15, 0.2) is 0 Å². The SMILES string of the molecule is CC(Nc1ccc(Br)nc1)C1CCOC1. The topological polar surface area (TPSA) is 34.2 Å². The fourth-order valence-corrected chi connectivity index (χ4v) is 2.02. The van der Waals surface area contributed by atoms with Gasteiger partial charge in [-0.1, -0.05) is 0 Å². The summed E-state index contributed by atoms with van der Waals surface area (Å²) in [6.45, 7) is 3.97. The van der Waals surface area contributed by atoms with E-state index in [-0.39, 0.29) is 0 Å². The summed E-state index contributed by atoms with van der Waals surface area (Å²) in [6.07, 6.45) is 2.99. The number of pyridine rings is 1. The lowest BCUT2D eigenvalue weighted by molar-refractivity contribution is 0.183. The Balaban J connectivity index is 1.92. The van der Waals surface area contributed by atoms with Crippen LogP contribution in [0.15, 0.2) is 22.9 Å². The highest BCUT2D eigenvalue weighted by Crippen LogP contribution is 2.20.